The van der Waals surface area contributed by atoms with Crippen LogP contribution < -0.4 is 11.1 Å². The van der Waals surface area contributed by atoms with Crippen molar-refractivity contribution in [2.24, 2.45) is 5.73 Å². The van der Waals surface area contributed by atoms with Crippen LogP contribution in [0.15, 0.2) is 24.9 Å². The zero-order valence-corrected chi connectivity index (χ0v) is 5.96. The van der Waals surface area contributed by atoms with Gasteiger partial charge in [-0.05, 0) is 6.20 Å². The zero-order chi connectivity index (χ0) is 7.40. The first kappa shape index (κ1) is 7.31. The van der Waals surface area contributed by atoms with Crippen LogP contribution in [0.4, 0.5) is 0 Å². The van der Waals surface area contributed by atoms with Crippen molar-refractivity contribution in [1.29, 1.82) is 0 Å². The molecule has 0 aromatic carbocycles. The van der Waals surface area contributed by atoms with Crippen LogP contribution in [0.3, 0.4) is 0 Å². The highest BCUT2D eigenvalue weighted by Crippen LogP contribution is 1.96. The first-order valence-corrected chi connectivity index (χ1v) is 3.37. The van der Waals surface area contributed by atoms with Gasteiger partial charge in [0.1, 0.15) is 6.29 Å². The second-order valence-corrected chi connectivity index (χ2v) is 2.22. The molecule has 3 N–H and O–H groups in total. The molecule has 0 saturated carbocycles. The molecule has 0 spiro atoms. The zero-order valence-electron chi connectivity index (χ0n) is 5.96. The van der Waals surface area contributed by atoms with Gasteiger partial charge in [-0.2, -0.15) is 0 Å². The molecule has 0 amide bonds. The van der Waals surface area contributed by atoms with Crippen LogP contribution in [0.2, 0.25) is 0 Å². The van der Waals surface area contributed by atoms with E-state index in [1.165, 1.54) is 0 Å². The normalized spacial score (nSPS) is 24.9. The second-order valence-electron chi connectivity index (χ2n) is 2.22. The summed E-state index contributed by atoms with van der Waals surface area (Å²) < 4.78 is 0. The Kier molecular flexibility index (Phi) is 2.48. The molecule has 0 radical (unpaired) electrons. The van der Waals surface area contributed by atoms with Gasteiger partial charge in [0.2, 0.25) is 0 Å². The van der Waals surface area contributed by atoms with Crippen LogP contribution in [0, 0.1) is 0 Å². The van der Waals surface area contributed by atoms with Crippen LogP contribution in [-0.2, 0) is 0 Å². The van der Waals surface area contributed by atoms with Crippen molar-refractivity contribution in [2.75, 3.05) is 13.1 Å². The molecule has 0 bridgehead atoms. The van der Waals surface area contributed by atoms with Crippen molar-refractivity contribution in [2.45, 2.75) is 6.29 Å². The van der Waals surface area contributed by atoms with Gasteiger partial charge < -0.3 is 4.90 Å². The monoisotopic (exact) mass is 139 g/mol. The van der Waals surface area contributed by atoms with Gasteiger partial charge in [0.15, 0.2) is 0 Å². The quantitative estimate of drug-likeness (QED) is 0.522. The third-order valence-electron chi connectivity index (χ3n) is 1.44. The lowest BCUT2D eigenvalue weighted by molar-refractivity contribution is 0.253. The molecule has 0 fully saturated rings. The summed E-state index contributed by atoms with van der Waals surface area (Å²) >= 11 is 0. The molecule has 3 heteroatoms. The Hall–Kier alpha value is -0.800. The molecule has 10 heavy (non-hydrogen) atoms. The number of nitrogens with zero attached hydrogens (tertiary/aromatic N) is 1. The third kappa shape index (κ3) is 1.59. The predicted octanol–water partition coefficient (Wildman–Crippen LogP) is -0.166. The number of nitrogens with two attached hydrogens (primary N) is 1. The Morgan fingerprint density at radius 2 is 2.70 bits per heavy atom. The summed E-state index contributed by atoms with van der Waals surface area (Å²) in [6, 6.07) is 0. The smallest absolute Gasteiger partial charge is 0.132 e. The van der Waals surface area contributed by atoms with Crippen molar-refractivity contribution < 1.29 is 0 Å². The molecule has 0 aromatic heterocycles. The highest BCUT2D eigenvalue weighted by Gasteiger charge is 2.09. The van der Waals surface area contributed by atoms with Crippen LogP contribution in [0.25, 0.3) is 0 Å². The minimum absolute atomic E-state index is 0.0528. The molecule has 56 valence electrons. The van der Waals surface area contributed by atoms with Gasteiger partial charge in [-0.1, -0.05) is 12.2 Å². The van der Waals surface area contributed by atoms with E-state index in [4.69, 9.17) is 5.73 Å². The van der Waals surface area contributed by atoms with E-state index >= 15 is 0 Å². The minimum atomic E-state index is -0.0528. The van der Waals surface area contributed by atoms with Gasteiger partial charge >= 0.3 is 0 Å². The van der Waals surface area contributed by atoms with E-state index in [-0.39, 0.29) is 6.29 Å². The second kappa shape index (κ2) is 3.39. The largest absolute Gasteiger partial charge is 0.347 e. The van der Waals surface area contributed by atoms with E-state index in [0.29, 0.717) is 0 Å². The Labute approximate surface area is 61.2 Å². The Bertz CT molecular complexity index is 142. The number of hydrogen-bond acceptors (Lipinski definition) is 3. The maximum absolute atomic E-state index is 5.68. The maximum Gasteiger partial charge on any atom is 0.132 e. The summed E-state index contributed by atoms with van der Waals surface area (Å²) in [6.45, 7) is 5.28. The fourth-order valence-electron chi connectivity index (χ4n) is 0.910. The highest BCUT2D eigenvalue weighted by atomic mass is 15.3. The molecule has 1 aliphatic rings. The van der Waals surface area contributed by atoms with Gasteiger partial charge in [-0.15, -0.1) is 6.58 Å². The fourth-order valence-corrected chi connectivity index (χ4v) is 0.910. The van der Waals surface area contributed by atoms with Crippen molar-refractivity contribution in [3.63, 3.8) is 0 Å². The van der Waals surface area contributed by atoms with Gasteiger partial charge in [-0.3, -0.25) is 11.1 Å². The molecule has 0 saturated heterocycles. The average molecular weight is 139 g/mol. The molecule has 1 rings (SSSR count). The van der Waals surface area contributed by atoms with Crippen molar-refractivity contribution in [3.05, 3.63) is 24.9 Å². The fraction of sp³-hybridized carbons (Fsp3) is 0.429. The minimum Gasteiger partial charge on any atom is -0.347 e. The molecular weight excluding hydrogens is 126 g/mol. The van der Waals surface area contributed by atoms with Crippen LogP contribution in [0.5, 0.6) is 0 Å². The SMILES string of the molecule is C=CCN1C=CCNC1N. The molecule has 1 unspecified atom stereocenters. The summed E-state index contributed by atoms with van der Waals surface area (Å²) in [7, 11) is 0. The summed E-state index contributed by atoms with van der Waals surface area (Å²) in [5.74, 6) is 0. The standard InChI is InChI=1S/C7H13N3/c1-2-5-10-6-3-4-9-7(10)8/h2-3,6-7,9H,1,4-5,8H2. The number of nitrogens with one attached hydrogen (secondary N) is 1. The maximum atomic E-state index is 5.68. The molecule has 1 heterocycles. The molecule has 1 aliphatic heterocycles. The molecule has 0 aromatic rings. The van der Waals surface area contributed by atoms with E-state index < -0.39 is 0 Å². The van der Waals surface area contributed by atoms with E-state index in [2.05, 4.69) is 11.9 Å². The van der Waals surface area contributed by atoms with E-state index in [9.17, 15) is 0 Å². The van der Waals surface area contributed by atoms with Crippen molar-refractivity contribution in [1.82, 2.24) is 10.2 Å². The van der Waals surface area contributed by atoms with E-state index in [1.807, 2.05) is 23.3 Å². The van der Waals surface area contributed by atoms with Crippen molar-refractivity contribution >= 4 is 0 Å². The van der Waals surface area contributed by atoms with Gasteiger partial charge in [0.25, 0.3) is 0 Å². The third-order valence-corrected chi connectivity index (χ3v) is 1.44. The molecule has 3 nitrogen and oxygen atoms in total. The highest BCUT2D eigenvalue weighted by molar-refractivity contribution is 4.94. The predicted molar refractivity (Wildman–Crippen MR) is 42.0 cm³/mol. The number of hydrogen-bond donors (Lipinski definition) is 2. The Balaban J connectivity index is 2.46. The Morgan fingerprint density at radius 3 is 3.30 bits per heavy atom. The lowest BCUT2D eigenvalue weighted by Crippen LogP contribution is -2.51. The van der Waals surface area contributed by atoms with Crippen LogP contribution >= 0.6 is 0 Å². The van der Waals surface area contributed by atoms with Crippen molar-refractivity contribution in [3.8, 4) is 0 Å². The first-order chi connectivity index (χ1) is 4.84. The number of rotatable bonds is 2. The average Bonchev–Trinajstić information content (AvgIpc) is 1.94. The Morgan fingerprint density at radius 1 is 1.90 bits per heavy atom. The van der Waals surface area contributed by atoms with Gasteiger partial charge in [0, 0.05) is 13.1 Å². The van der Waals surface area contributed by atoms with Gasteiger partial charge in [-0.25, -0.2) is 0 Å². The summed E-state index contributed by atoms with van der Waals surface area (Å²) in [5.41, 5.74) is 5.68. The lowest BCUT2D eigenvalue weighted by Gasteiger charge is -2.29. The summed E-state index contributed by atoms with van der Waals surface area (Å²) in [4.78, 5) is 1.98. The van der Waals surface area contributed by atoms with Crippen LogP contribution in [0.1, 0.15) is 0 Å². The topological polar surface area (TPSA) is 41.3 Å². The lowest BCUT2D eigenvalue weighted by atomic mass is 10.4. The summed E-state index contributed by atoms with van der Waals surface area (Å²) in [5, 5.41) is 3.09. The van der Waals surface area contributed by atoms with Gasteiger partial charge in [0.05, 0.1) is 0 Å². The summed E-state index contributed by atoms with van der Waals surface area (Å²) in [6.07, 6.45) is 5.80. The molecule has 0 aliphatic carbocycles. The van der Waals surface area contributed by atoms with E-state index in [1.54, 1.807) is 0 Å². The van der Waals surface area contributed by atoms with Crippen LogP contribution in [-0.4, -0.2) is 24.3 Å². The first-order valence-electron chi connectivity index (χ1n) is 3.37. The molecular formula is C7H13N3. The van der Waals surface area contributed by atoms with E-state index in [0.717, 1.165) is 13.1 Å². The molecule has 1 atom stereocenters.